The standard InChI is InChI=1S/C20H26N2O3/c1-5-24-19-11-17(20(23)22-15(4)14(2)3)8-9-18(19)25-13-16-7-6-10-21-12-16/h6-12,14-15H,5,13H2,1-4H3,(H,22,23). The monoisotopic (exact) mass is 342 g/mol. The van der Waals surface area contributed by atoms with Crippen LogP contribution in [0.2, 0.25) is 0 Å². The first-order valence-corrected chi connectivity index (χ1v) is 8.60. The molecule has 1 aromatic carbocycles. The van der Waals surface area contributed by atoms with E-state index in [-0.39, 0.29) is 11.9 Å². The first kappa shape index (κ1) is 18.8. The number of aromatic nitrogens is 1. The van der Waals surface area contributed by atoms with Crippen molar-refractivity contribution in [2.75, 3.05) is 6.61 Å². The first-order chi connectivity index (χ1) is 12.0. The second kappa shape index (κ2) is 9.06. The number of rotatable bonds is 8. The molecule has 1 N–H and O–H groups in total. The Balaban J connectivity index is 2.12. The van der Waals surface area contributed by atoms with E-state index in [0.717, 1.165) is 5.56 Å². The van der Waals surface area contributed by atoms with Gasteiger partial charge in [-0.2, -0.15) is 0 Å². The summed E-state index contributed by atoms with van der Waals surface area (Å²) >= 11 is 0. The quantitative estimate of drug-likeness (QED) is 0.792. The lowest BCUT2D eigenvalue weighted by molar-refractivity contribution is 0.0930. The molecule has 0 aliphatic carbocycles. The van der Waals surface area contributed by atoms with Gasteiger partial charge in [0.05, 0.1) is 6.61 Å². The number of pyridine rings is 1. The molecule has 1 amide bonds. The molecule has 0 aliphatic rings. The molecule has 25 heavy (non-hydrogen) atoms. The maximum absolute atomic E-state index is 12.4. The van der Waals surface area contributed by atoms with Crippen LogP contribution in [0.1, 0.15) is 43.6 Å². The molecule has 1 heterocycles. The van der Waals surface area contributed by atoms with Gasteiger partial charge in [-0.05, 0) is 44.0 Å². The van der Waals surface area contributed by atoms with E-state index in [1.54, 1.807) is 30.6 Å². The predicted octanol–water partition coefficient (Wildman–Crippen LogP) is 3.83. The third kappa shape index (κ3) is 5.48. The number of hydrogen-bond acceptors (Lipinski definition) is 4. The SMILES string of the molecule is CCOc1cc(C(=O)NC(C)C(C)C)ccc1OCc1cccnc1. The highest BCUT2D eigenvalue weighted by Gasteiger charge is 2.15. The summed E-state index contributed by atoms with van der Waals surface area (Å²) < 4.78 is 11.5. The van der Waals surface area contributed by atoms with Crippen molar-refractivity contribution in [1.29, 1.82) is 0 Å². The van der Waals surface area contributed by atoms with Crippen LogP contribution < -0.4 is 14.8 Å². The lowest BCUT2D eigenvalue weighted by atomic mass is 10.1. The van der Waals surface area contributed by atoms with Crippen molar-refractivity contribution in [2.24, 2.45) is 5.92 Å². The van der Waals surface area contributed by atoms with Crippen molar-refractivity contribution in [3.05, 3.63) is 53.9 Å². The molecule has 5 heteroatoms. The highest BCUT2D eigenvalue weighted by molar-refractivity contribution is 5.95. The maximum atomic E-state index is 12.4. The fraction of sp³-hybridized carbons (Fsp3) is 0.400. The van der Waals surface area contributed by atoms with Crippen molar-refractivity contribution < 1.29 is 14.3 Å². The van der Waals surface area contributed by atoms with Crippen LogP contribution in [-0.4, -0.2) is 23.5 Å². The lowest BCUT2D eigenvalue weighted by Crippen LogP contribution is -2.36. The minimum absolute atomic E-state index is 0.101. The average Bonchev–Trinajstić information content (AvgIpc) is 2.61. The van der Waals surface area contributed by atoms with Gasteiger partial charge in [0, 0.05) is 29.6 Å². The van der Waals surface area contributed by atoms with E-state index in [9.17, 15) is 4.79 Å². The Morgan fingerprint density at radius 2 is 1.96 bits per heavy atom. The molecule has 1 unspecified atom stereocenters. The Morgan fingerprint density at radius 1 is 1.16 bits per heavy atom. The van der Waals surface area contributed by atoms with Gasteiger partial charge >= 0.3 is 0 Å². The molecular weight excluding hydrogens is 316 g/mol. The van der Waals surface area contributed by atoms with Crippen LogP contribution in [0.3, 0.4) is 0 Å². The van der Waals surface area contributed by atoms with Gasteiger partial charge in [-0.3, -0.25) is 9.78 Å². The highest BCUT2D eigenvalue weighted by Crippen LogP contribution is 2.29. The van der Waals surface area contributed by atoms with E-state index in [2.05, 4.69) is 24.1 Å². The number of ether oxygens (including phenoxy) is 2. The molecule has 1 aromatic heterocycles. The van der Waals surface area contributed by atoms with E-state index in [1.807, 2.05) is 26.0 Å². The number of hydrogen-bond donors (Lipinski definition) is 1. The zero-order chi connectivity index (χ0) is 18.2. The number of carbonyl (C=O) groups excluding carboxylic acids is 1. The Morgan fingerprint density at radius 3 is 2.60 bits per heavy atom. The second-order valence-corrected chi connectivity index (χ2v) is 6.25. The minimum Gasteiger partial charge on any atom is -0.490 e. The van der Waals surface area contributed by atoms with Crippen LogP contribution in [0.4, 0.5) is 0 Å². The van der Waals surface area contributed by atoms with Crippen molar-refractivity contribution >= 4 is 5.91 Å². The molecule has 2 rings (SSSR count). The molecule has 0 fully saturated rings. The summed E-state index contributed by atoms with van der Waals surface area (Å²) in [7, 11) is 0. The summed E-state index contributed by atoms with van der Waals surface area (Å²) in [4.78, 5) is 16.5. The van der Waals surface area contributed by atoms with Crippen LogP contribution in [0, 0.1) is 5.92 Å². The average molecular weight is 342 g/mol. The van der Waals surface area contributed by atoms with Crippen LogP contribution in [0.5, 0.6) is 11.5 Å². The van der Waals surface area contributed by atoms with Gasteiger partial charge in [-0.1, -0.05) is 19.9 Å². The largest absolute Gasteiger partial charge is 0.490 e. The smallest absolute Gasteiger partial charge is 0.251 e. The number of nitrogens with zero attached hydrogens (tertiary/aromatic N) is 1. The second-order valence-electron chi connectivity index (χ2n) is 6.25. The Labute approximate surface area is 149 Å². The van der Waals surface area contributed by atoms with Crippen LogP contribution in [0.25, 0.3) is 0 Å². The van der Waals surface area contributed by atoms with Gasteiger partial charge in [0.15, 0.2) is 11.5 Å². The molecule has 1 atom stereocenters. The molecule has 5 nitrogen and oxygen atoms in total. The highest BCUT2D eigenvalue weighted by atomic mass is 16.5. The molecular formula is C20H26N2O3. The van der Waals surface area contributed by atoms with Crippen molar-refractivity contribution in [3.8, 4) is 11.5 Å². The van der Waals surface area contributed by atoms with E-state index >= 15 is 0 Å². The topological polar surface area (TPSA) is 60.5 Å². The third-order valence-electron chi connectivity index (χ3n) is 3.98. The van der Waals surface area contributed by atoms with Crippen molar-refractivity contribution in [2.45, 2.75) is 40.3 Å². The molecule has 134 valence electrons. The van der Waals surface area contributed by atoms with Gasteiger partial charge in [-0.25, -0.2) is 0 Å². The van der Waals surface area contributed by atoms with E-state index in [0.29, 0.717) is 36.2 Å². The summed E-state index contributed by atoms with van der Waals surface area (Å²) in [5, 5.41) is 3.00. The summed E-state index contributed by atoms with van der Waals surface area (Å²) in [5.74, 6) is 1.44. The fourth-order valence-corrected chi connectivity index (χ4v) is 2.14. The van der Waals surface area contributed by atoms with Crippen molar-refractivity contribution in [3.63, 3.8) is 0 Å². The number of amides is 1. The Hall–Kier alpha value is -2.56. The van der Waals surface area contributed by atoms with Crippen LogP contribution in [0.15, 0.2) is 42.7 Å². The zero-order valence-electron chi connectivity index (χ0n) is 15.3. The van der Waals surface area contributed by atoms with Crippen molar-refractivity contribution in [1.82, 2.24) is 10.3 Å². The number of benzene rings is 1. The Bertz CT molecular complexity index is 687. The van der Waals surface area contributed by atoms with Gasteiger partial charge in [0.2, 0.25) is 0 Å². The van der Waals surface area contributed by atoms with E-state index in [4.69, 9.17) is 9.47 Å². The molecule has 0 bridgehead atoms. The summed E-state index contributed by atoms with van der Waals surface area (Å²) in [6.45, 7) is 8.94. The molecule has 0 radical (unpaired) electrons. The summed E-state index contributed by atoms with van der Waals surface area (Å²) in [5.41, 5.74) is 1.53. The minimum atomic E-state index is -0.110. The maximum Gasteiger partial charge on any atom is 0.251 e. The van der Waals surface area contributed by atoms with Gasteiger partial charge in [0.25, 0.3) is 5.91 Å². The summed E-state index contributed by atoms with van der Waals surface area (Å²) in [6, 6.07) is 9.17. The first-order valence-electron chi connectivity index (χ1n) is 8.60. The molecule has 0 aliphatic heterocycles. The fourth-order valence-electron chi connectivity index (χ4n) is 2.14. The number of carbonyl (C=O) groups is 1. The van der Waals surface area contributed by atoms with E-state index < -0.39 is 0 Å². The predicted molar refractivity (Wildman–Crippen MR) is 97.9 cm³/mol. The van der Waals surface area contributed by atoms with Crippen LogP contribution >= 0.6 is 0 Å². The normalized spacial score (nSPS) is 11.9. The molecule has 0 saturated heterocycles. The third-order valence-corrected chi connectivity index (χ3v) is 3.98. The Kier molecular flexibility index (Phi) is 6.81. The van der Waals surface area contributed by atoms with Gasteiger partial charge in [0.1, 0.15) is 6.61 Å². The van der Waals surface area contributed by atoms with Crippen LogP contribution in [-0.2, 0) is 6.61 Å². The molecule has 0 saturated carbocycles. The molecule has 2 aromatic rings. The zero-order valence-corrected chi connectivity index (χ0v) is 15.3. The van der Waals surface area contributed by atoms with E-state index in [1.165, 1.54) is 0 Å². The number of nitrogens with one attached hydrogen (secondary N) is 1. The summed E-state index contributed by atoms with van der Waals surface area (Å²) in [6.07, 6.45) is 3.48. The van der Waals surface area contributed by atoms with Gasteiger partial charge < -0.3 is 14.8 Å². The lowest BCUT2D eigenvalue weighted by Gasteiger charge is -2.18. The molecule has 0 spiro atoms. The van der Waals surface area contributed by atoms with Gasteiger partial charge in [-0.15, -0.1) is 0 Å².